The molecular weight excluding hydrogens is 458 g/mol. The summed E-state index contributed by atoms with van der Waals surface area (Å²) in [6.07, 6.45) is -0.911. The lowest BCUT2D eigenvalue weighted by atomic mass is 9.94. The summed E-state index contributed by atoms with van der Waals surface area (Å²) in [5.74, 6) is -2.14. The number of hydrogen-bond donors (Lipinski definition) is 4. The number of alkyl carbamates (subject to hydrolysis) is 1. The molecule has 35 heavy (non-hydrogen) atoms. The number of rotatable bonds is 8. The molecule has 0 aromatic heterocycles. The molecule has 0 aliphatic rings. The van der Waals surface area contributed by atoms with E-state index in [9.17, 15) is 29.4 Å². The van der Waals surface area contributed by atoms with Crippen LogP contribution in [0.5, 0.6) is 5.75 Å². The first-order chi connectivity index (χ1) is 16.0. The summed E-state index contributed by atoms with van der Waals surface area (Å²) < 4.78 is 9.77. The number of esters is 1. The number of benzene rings is 1. The van der Waals surface area contributed by atoms with E-state index in [0.29, 0.717) is 11.1 Å². The van der Waals surface area contributed by atoms with Crippen LogP contribution >= 0.6 is 0 Å². The molecule has 4 N–H and O–H groups in total. The van der Waals surface area contributed by atoms with Gasteiger partial charge in [-0.1, -0.05) is 6.07 Å². The summed E-state index contributed by atoms with van der Waals surface area (Å²) >= 11 is 0. The zero-order chi connectivity index (χ0) is 27.1. The van der Waals surface area contributed by atoms with Crippen molar-refractivity contribution in [2.75, 3.05) is 20.3 Å². The Morgan fingerprint density at radius 2 is 1.69 bits per heavy atom. The van der Waals surface area contributed by atoms with E-state index in [1.807, 2.05) is 0 Å². The molecule has 2 atom stereocenters. The number of aryl methyl sites for hydroxylation is 1. The van der Waals surface area contributed by atoms with Gasteiger partial charge in [-0.05, 0) is 71.7 Å². The Labute approximate surface area is 205 Å². The second-order valence-electron chi connectivity index (χ2n) is 10.0. The molecule has 1 aromatic rings. The quantitative estimate of drug-likeness (QED) is 0.396. The summed E-state index contributed by atoms with van der Waals surface area (Å²) in [6.45, 7) is 10.4. The van der Waals surface area contributed by atoms with E-state index in [1.165, 1.54) is 24.1 Å². The molecule has 11 nitrogen and oxygen atoms in total. The number of nitrogens with one attached hydrogen (secondary N) is 2. The first-order valence-electron chi connectivity index (χ1n) is 11.1. The van der Waals surface area contributed by atoms with Crippen LogP contribution < -0.4 is 10.6 Å². The normalized spacial score (nSPS) is 13.3. The van der Waals surface area contributed by atoms with E-state index in [0.717, 1.165) is 0 Å². The average molecular weight is 496 g/mol. The SMILES string of the molecule is COC(=O)CNC(=O)C(c1ccc(O)c(C)c1)N(C(=O)C(CO)NC(=O)OC(C)(C)C)C(C)(C)C. The molecule has 0 spiro atoms. The van der Waals surface area contributed by atoms with Crippen LogP contribution in [0.3, 0.4) is 0 Å². The Balaban J connectivity index is 3.50. The van der Waals surface area contributed by atoms with Crippen molar-refractivity contribution in [3.05, 3.63) is 29.3 Å². The van der Waals surface area contributed by atoms with Gasteiger partial charge in [0.05, 0.1) is 13.7 Å². The van der Waals surface area contributed by atoms with Gasteiger partial charge in [0, 0.05) is 5.54 Å². The van der Waals surface area contributed by atoms with Gasteiger partial charge >= 0.3 is 12.1 Å². The molecule has 0 radical (unpaired) electrons. The maximum atomic E-state index is 13.7. The van der Waals surface area contributed by atoms with Crippen LogP contribution in [0.2, 0.25) is 0 Å². The Hall–Kier alpha value is -3.34. The largest absolute Gasteiger partial charge is 0.508 e. The monoisotopic (exact) mass is 495 g/mol. The Morgan fingerprint density at radius 3 is 2.14 bits per heavy atom. The van der Waals surface area contributed by atoms with Gasteiger partial charge in [-0.3, -0.25) is 14.4 Å². The third-order valence-corrected chi connectivity index (χ3v) is 4.81. The minimum absolute atomic E-state index is 0.00377. The molecule has 0 aliphatic carbocycles. The van der Waals surface area contributed by atoms with E-state index >= 15 is 0 Å². The number of aliphatic hydroxyl groups is 1. The Kier molecular flexibility index (Phi) is 10.1. The lowest BCUT2D eigenvalue weighted by Crippen LogP contribution is -2.59. The van der Waals surface area contributed by atoms with Gasteiger partial charge in [0.2, 0.25) is 11.8 Å². The van der Waals surface area contributed by atoms with Crippen molar-refractivity contribution in [2.24, 2.45) is 0 Å². The van der Waals surface area contributed by atoms with Crippen molar-refractivity contribution < 1.29 is 38.9 Å². The molecule has 0 fully saturated rings. The predicted octanol–water partition coefficient (Wildman–Crippen LogP) is 1.54. The number of carbonyl (C=O) groups is 4. The lowest BCUT2D eigenvalue weighted by Gasteiger charge is -2.42. The van der Waals surface area contributed by atoms with Gasteiger partial charge in [-0.2, -0.15) is 0 Å². The number of ether oxygens (including phenoxy) is 2. The number of methoxy groups -OCH3 is 1. The first kappa shape index (κ1) is 29.7. The van der Waals surface area contributed by atoms with Gasteiger partial charge in [0.15, 0.2) is 0 Å². The highest BCUT2D eigenvalue weighted by atomic mass is 16.6. The number of phenolic OH excluding ortho intramolecular Hbond substituents is 1. The zero-order valence-electron chi connectivity index (χ0n) is 21.6. The average Bonchev–Trinajstić information content (AvgIpc) is 2.73. The van der Waals surface area contributed by atoms with Crippen LogP contribution in [0.25, 0.3) is 0 Å². The number of amides is 3. The molecule has 1 rings (SSSR count). The maximum absolute atomic E-state index is 13.7. The lowest BCUT2D eigenvalue weighted by molar-refractivity contribution is -0.150. The fourth-order valence-electron chi connectivity index (χ4n) is 3.24. The molecule has 0 saturated carbocycles. The second kappa shape index (κ2) is 11.9. The van der Waals surface area contributed by atoms with Crippen LogP contribution in [0.1, 0.15) is 58.7 Å². The van der Waals surface area contributed by atoms with E-state index < -0.39 is 60.3 Å². The smallest absolute Gasteiger partial charge is 0.408 e. The van der Waals surface area contributed by atoms with Gasteiger partial charge < -0.3 is 35.2 Å². The number of phenols is 1. The molecule has 3 amide bonds. The number of aromatic hydroxyl groups is 1. The van der Waals surface area contributed by atoms with Crippen LogP contribution in [0.4, 0.5) is 4.79 Å². The van der Waals surface area contributed by atoms with Crippen molar-refractivity contribution in [1.82, 2.24) is 15.5 Å². The number of carbonyl (C=O) groups excluding carboxylic acids is 4. The van der Waals surface area contributed by atoms with Gasteiger partial charge in [-0.15, -0.1) is 0 Å². The molecule has 11 heteroatoms. The molecule has 0 aliphatic heterocycles. The highest BCUT2D eigenvalue weighted by molar-refractivity contribution is 5.93. The summed E-state index contributed by atoms with van der Waals surface area (Å²) in [5.41, 5.74) is -1.02. The third kappa shape index (κ3) is 8.75. The van der Waals surface area contributed by atoms with Crippen molar-refractivity contribution in [2.45, 2.75) is 71.7 Å². The van der Waals surface area contributed by atoms with Crippen molar-refractivity contribution in [3.8, 4) is 5.75 Å². The van der Waals surface area contributed by atoms with Gasteiger partial charge in [-0.25, -0.2) is 4.79 Å². The van der Waals surface area contributed by atoms with Crippen molar-refractivity contribution >= 4 is 23.9 Å². The maximum Gasteiger partial charge on any atom is 0.408 e. The van der Waals surface area contributed by atoms with Crippen LogP contribution in [-0.2, 0) is 23.9 Å². The van der Waals surface area contributed by atoms with E-state index in [2.05, 4.69) is 15.4 Å². The Bertz CT molecular complexity index is 934. The topological polar surface area (TPSA) is 154 Å². The van der Waals surface area contributed by atoms with E-state index in [1.54, 1.807) is 54.5 Å². The van der Waals surface area contributed by atoms with Crippen LogP contribution in [-0.4, -0.2) is 76.4 Å². The fraction of sp³-hybridized carbons (Fsp3) is 0.583. The minimum Gasteiger partial charge on any atom is -0.508 e. The summed E-state index contributed by atoms with van der Waals surface area (Å²) in [4.78, 5) is 52.1. The summed E-state index contributed by atoms with van der Waals surface area (Å²) in [5, 5.41) is 24.7. The van der Waals surface area contributed by atoms with Crippen molar-refractivity contribution in [1.29, 1.82) is 0 Å². The minimum atomic E-state index is -1.42. The standard InChI is InChI=1S/C24H37N3O8/c1-14-11-15(9-10-17(14)29)19(20(31)25-12-18(30)34-8)27(23(2,3)4)21(32)16(13-28)26-22(33)35-24(5,6)7/h9-11,16,19,28-29H,12-13H2,1-8H3,(H,25,31)(H,26,33). The number of nitrogens with zero attached hydrogens (tertiary/aromatic N) is 1. The summed E-state index contributed by atoms with van der Waals surface area (Å²) in [6, 6.07) is 1.71. The number of aliphatic hydroxyl groups excluding tert-OH is 1. The summed E-state index contributed by atoms with van der Waals surface area (Å²) in [7, 11) is 1.18. The highest BCUT2D eigenvalue weighted by Crippen LogP contribution is 2.32. The zero-order valence-corrected chi connectivity index (χ0v) is 21.6. The van der Waals surface area contributed by atoms with Crippen molar-refractivity contribution in [3.63, 3.8) is 0 Å². The fourth-order valence-corrected chi connectivity index (χ4v) is 3.24. The van der Waals surface area contributed by atoms with E-state index in [-0.39, 0.29) is 5.75 Å². The van der Waals surface area contributed by atoms with Crippen LogP contribution in [0, 0.1) is 6.92 Å². The van der Waals surface area contributed by atoms with Gasteiger partial charge in [0.25, 0.3) is 0 Å². The second-order valence-corrected chi connectivity index (χ2v) is 10.0. The molecule has 0 bridgehead atoms. The van der Waals surface area contributed by atoms with Crippen LogP contribution in [0.15, 0.2) is 18.2 Å². The van der Waals surface area contributed by atoms with Gasteiger partial charge in [0.1, 0.15) is 30.0 Å². The molecule has 196 valence electrons. The molecule has 0 saturated heterocycles. The molecule has 2 unspecified atom stereocenters. The third-order valence-electron chi connectivity index (χ3n) is 4.81. The first-order valence-corrected chi connectivity index (χ1v) is 11.1. The molecule has 1 aromatic carbocycles. The predicted molar refractivity (Wildman–Crippen MR) is 127 cm³/mol. The Morgan fingerprint density at radius 1 is 1.09 bits per heavy atom. The van der Waals surface area contributed by atoms with E-state index in [4.69, 9.17) is 4.74 Å². The number of hydrogen-bond acceptors (Lipinski definition) is 8. The molecule has 0 heterocycles. The highest BCUT2D eigenvalue weighted by Gasteiger charge is 2.42. The molecular formula is C24H37N3O8.